The number of anilines is 1. The predicted molar refractivity (Wildman–Crippen MR) is 91.3 cm³/mol. The summed E-state index contributed by atoms with van der Waals surface area (Å²) in [5, 5.41) is 28.8. The number of β-amino-alcohol motifs (C(OH)–C–C–N with tert-alkyl or cyclic N) is 1. The first-order valence-electron chi connectivity index (χ1n) is 7.81. The molecular weight excluding hydrogens is 320 g/mol. The number of aliphatic hydroxyl groups excluding tert-OH is 2. The van der Waals surface area contributed by atoms with Gasteiger partial charge in [-0.1, -0.05) is 29.9 Å². The second-order valence-electron chi connectivity index (χ2n) is 5.98. The number of aliphatic hydroxyl groups is 2. The maximum Gasteiger partial charge on any atom is 0.142 e. The van der Waals surface area contributed by atoms with Crippen molar-refractivity contribution in [3.63, 3.8) is 0 Å². The minimum atomic E-state index is -3.32. The summed E-state index contributed by atoms with van der Waals surface area (Å²) in [4.78, 5) is 0. The Balaban J connectivity index is 1.99. The maximum atomic E-state index is 10.00. The molecule has 0 spiro atoms. The molecule has 1 aromatic rings. The Kier molecular flexibility index (Phi) is 6.12. The maximum absolute atomic E-state index is 10.00. The monoisotopic (exact) mass is 346 g/mol. The lowest BCUT2D eigenvalue weighted by atomic mass is 10.0. The topological polar surface area (TPSA) is 116 Å². The SMILES string of the molecule is CC(O)CCCCCc1ccc(O)c(N2CC(O)NS2(O)O)c1. The lowest BCUT2D eigenvalue weighted by Gasteiger charge is -2.37. The van der Waals surface area contributed by atoms with Crippen molar-refractivity contribution in [2.24, 2.45) is 0 Å². The van der Waals surface area contributed by atoms with Gasteiger partial charge in [-0.25, -0.2) is 0 Å². The van der Waals surface area contributed by atoms with Crippen molar-refractivity contribution < 1.29 is 24.4 Å². The normalized spacial score (nSPS) is 23.0. The molecule has 1 aliphatic heterocycles. The van der Waals surface area contributed by atoms with Crippen LogP contribution in [0.3, 0.4) is 0 Å². The quantitative estimate of drug-likeness (QED) is 0.419. The van der Waals surface area contributed by atoms with Crippen molar-refractivity contribution in [2.45, 2.75) is 51.4 Å². The molecule has 0 amide bonds. The zero-order valence-electron chi connectivity index (χ0n) is 13.2. The van der Waals surface area contributed by atoms with E-state index in [0.717, 1.165) is 37.7 Å². The van der Waals surface area contributed by atoms with E-state index >= 15 is 0 Å². The molecule has 23 heavy (non-hydrogen) atoms. The Morgan fingerprint density at radius 3 is 2.65 bits per heavy atom. The summed E-state index contributed by atoms with van der Waals surface area (Å²) in [5.41, 5.74) is 1.28. The Bertz CT molecular complexity index is 527. The third-order valence-corrected chi connectivity index (χ3v) is 5.38. The summed E-state index contributed by atoms with van der Waals surface area (Å²) in [5.74, 6) is -0.0567. The summed E-state index contributed by atoms with van der Waals surface area (Å²) in [7, 11) is -3.32. The number of aryl methyl sites for hydroxylation is 1. The average molecular weight is 346 g/mol. The molecule has 2 atom stereocenters. The van der Waals surface area contributed by atoms with Crippen molar-refractivity contribution in [1.82, 2.24) is 4.72 Å². The predicted octanol–water partition coefficient (Wildman–Crippen LogP) is 2.18. The van der Waals surface area contributed by atoms with Crippen LogP contribution < -0.4 is 9.03 Å². The molecular formula is C15H26N2O5S. The van der Waals surface area contributed by atoms with Gasteiger partial charge < -0.3 is 15.3 Å². The fourth-order valence-electron chi connectivity index (χ4n) is 2.65. The molecule has 0 radical (unpaired) electrons. The third kappa shape index (κ3) is 4.97. The van der Waals surface area contributed by atoms with Gasteiger partial charge in [0.1, 0.15) is 17.7 Å². The molecule has 0 saturated carbocycles. The molecule has 0 aliphatic carbocycles. The molecule has 8 heteroatoms. The number of rotatable bonds is 7. The highest BCUT2D eigenvalue weighted by atomic mass is 32.3. The van der Waals surface area contributed by atoms with E-state index in [-0.39, 0.29) is 18.4 Å². The summed E-state index contributed by atoms with van der Waals surface area (Å²) in [6.45, 7) is 1.77. The van der Waals surface area contributed by atoms with Gasteiger partial charge >= 0.3 is 0 Å². The number of benzene rings is 1. The minimum Gasteiger partial charge on any atom is -0.506 e. The molecule has 6 N–H and O–H groups in total. The molecule has 1 aromatic carbocycles. The van der Waals surface area contributed by atoms with Crippen LogP contribution in [0, 0.1) is 0 Å². The fraction of sp³-hybridized carbons (Fsp3) is 0.600. The molecule has 1 saturated heterocycles. The zero-order valence-corrected chi connectivity index (χ0v) is 14.0. The third-order valence-electron chi connectivity index (χ3n) is 3.84. The molecule has 2 rings (SSSR count). The molecule has 132 valence electrons. The van der Waals surface area contributed by atoms with Crippen molar-refractivity contribution in [3.8, 4) is 5.75 Å². The van der Waals surface area contributed by atoms with Gasteiger partial charge in [0.15, 0.2) is 0 Å². The number of aromatic hydroxyl groups is 1. The van der Waals surface area contributed by atoms with E-state index in [4.69, 9.17) is 0 Å². The van der Waals surface area contributed by atoms with Crippen LogP contribution in [0.5, 0.6) is 5.75 Å². The van der Waals surface area contributed by atoms with Crippen LogP contribution in [0.2, 0.25) is 0 Å². The second kappa shape index (κ2) is 7.69. The van der Waals surface area contributed by atoms with Gasteiger partial charge in [-0.05, 0) is 43.9 Å². The van der Waals surface area contributed by atoms with Crippen LogP contribution in [0.4, 0.5) is 5.69 Å². The van der Waals surface area contributed by atoms with Gasteiger partial charge in [-0.15, -0.1) is 0 Å². The molecule has 1 aliphatic rings. The zero-order chi connectivity index (χ0) is 17.0. The first kappa shape index (κ1) is 18.3. The van der Waals surface area contributed by atoms with E-state index in [2.05, 4.69) is 4.72 Å². The van der Waals surface area contributed by atoms with E-state index < -0.39 is 17.2 Å². The summed E-state index contributed by atoms with van der Waals surface area (Å²) in [6.07, 6.45) is 3.19. The highest BCUT2D eigenvalue weighted by Gasteiger charge is 2.36. The van der Waals surface area contributed by atoms with E-state index in [9.17, 15) is 24.4 Å². The molecule has 0 bridgehead atoms. The van der Waals surface area contributed by atoms with Gasteiger partial charge in [-0.2, -0.15) is 4.72 Å². The van der Waals surface area contributed by atoms with Crippen LogP contribution in [-0.2, 0) is 6.42 Å². The number of hydrogen-bond donors (Lipinski definition) is 6. The van der Waals surface area contributed by atoms with Gasteiger partial charge in [0.2, 0.25) is 0 Å². The van der Waals surface area contributed by atoms with Crippen LogP contribution >= 0.6 is 11.0 Å². The fourth-order valence-corrected chi connectivity index (χ4v) is 3.99. The molecule has 1 heterocycles. The standard InChI is InChI=1S/C15H26N2O5S/c1-11(18)5-3-2-4-6-12-7-8-14(19)13(9-12)17-10-15(20)16-23(17,21)22/h7-9,11,15-16,18-22H,2-6,10H2,1H3. The number of phenols is 1. The Labute approximate surface area is 138 Å². The van der Waals surface area contributed by atoms with Gasteiger partial charge in [0.05, 0.1) is 12.6 Å². The lowest BCUT2D eigenvalue weighted by Crippen LogP contribution is -2.25. The first-order valence-corrected chi connectivity index (χ1v) is 9.31. The van der Waals surface area contributed by atoms with Crippen LogP contribution in [0.15, 0.2) is 18.2 Å². The Morgan fingerprint density at radius 1 is 1.30 bits per heavy atom. The molecule has 1 fully saturated rings. The van der Waals surface area contributed by atoms with E-state index in [1.54, 1.807) is 19.1 Å². The second-order valence-corrected chi connectivity index (χ2v) is 7.70. The summed E-state index contributed by atoms with van der Waals surface area (Å²) < 4.78 is 23.4. The summed E-state index contributed by atoms with van der Waals surface area (Å²) in [6, 6.07) is 5.05. The van der Waals surface area contributed by atoms with Crippen LogP contribution in [0.1, 0.15) is 38.2 Å². The van der Waals surface area contributed by atoms with E-state index in [1.165, 1.54) is 10.4 Å². The van der Waals surface area contributed by atoms with E-state index in [0.29, 0.717) is 5.69 Å². The Hall–Kier alpha value is -1.03. The van der Waals surface area contributed by atoms with Crippen LogP contribution in [0.25, 0.3) is 0 Å². The number of nitrogens with one attached hydrogen (secondary N) is 1. The highest BCUT2D eigenvalue weighted by molar-refractivity contribution is 8.24. The summed E-state index contributed by atoms with van der Waals surface area (Å²) >= 11 is 0. The number of unbranched alkanes of at least 4 members (excludes halogenated alkanes) is 2. The lowest BCUT2D eigenvalue weighted by molar-refractivity contribution is 0.180. The number of nitrogens with zero attached hydrogens (tertiary/aromatic N) is 1. The van der Waals surface area contributed by atoms with Crippen LogP contribution in [-0.4, -0.2) is 43.3 Å². The van der Waals surface area contributed by atoms with Gasteiger partial charge in [0.25, 0.3) is 0 Å². The first-order chi connectivity index (χ1) is 10.8. The highest BCUT2D eigenvalue weighted by Crippen LogP contribution is 2.49. The number of hydrogen-bond acceptors (Lipinski definition) is 7. The van der Waals surface area contributed by atoms with Crippen molar-refractivity contribution in [1.29, 1.82) is 0 Å². The number of phenolic OH excluding ortho intramolecular Hbond substituents is 1. The minimum absolute atomic E-state index is 0.00622. The molecule has 7 nitrogen and oxygen atoms in total. The van der Waals surface area contributed by atoms with Crippen molar-refractivity contribution in [2.75, 3.05) is 10.8 Å². The van der Waals surface area contributed by atoms with Crippen molar-refractivity contribution in [3.05, 3.63) is 23.8 Å². The average Bonchev–Trinajstić information content (AvgIpc) is 2.72. The van der Waals surface area contributed by atoms with Gasteiger partial charge in [-0.3, -0.25) is 13.4 Å². The molecule has 0 aromatic heterocycles. The van der Waals surface area contributed by atoms with Crippen molar-refractivity contribution >= 4 is 16.6 Å². The van der Waals surface area contributed by atoms with Gasteiger partial charge in [0, 0.05) is 0 Å². The Morgan fingerprint density at radius 2 is 2.04 bits per heavy atom. The van der Waals surface area contributed by atoms with E-state index in [1.807, 2.05) is 0 Å². The smallest absolute Gasteiger partial charge is 0.142 e. The molecule has 2 unspecified atom stereocenters. The largest absolute Gasteiger partial charge is 0.506 e.